The molecule has 0 saturated heterocycles. The molecule has 20 heavy (non-hydrogen) atoms. The fourth-order valence-electron chi connectivity index (χ4n) is 1.40. The van der Waals surface area contributed by atoms with Gasteiger partial charge in [-0.05, 0) is 12.1 Å². The van der Waals surface area contributed by atoms with E-state index >= 15 is 0 Å². The molecule has 0 saturated carbocycles. The van der Waals surface area contributed by atoms with Crippen molar-refractivity contribution in [3.63, 3.8) is 0 Å². The molecule has 0 bridgehead atoms. The van der Waals surface area contributed by atoms with Gasteiger partial charge in [0.05, 0.1) is 23.4 Å². The van der Waals surface area contributed by atoms with Crippen LogP contribution in [-0.2, 0) is 14.8 Å². The summed E-state index contributed by atoms with van der Waals surface area (Å²) in [5, 5.41) is 11.2. The van der Waals surface area contributed by atoms with Gasteiger partial charge in [0.1, 0.15) is 0 Å². The van der Waals surface area contributed by atoms with Gasteiger partial charge in [-0.2, -0.15) is 0 Å². The molecule has 0 aliphatic heterocycles. The molecule has 1 rings (SSSR count). The highest BCUT2D eigenvalue weighted by Crippen LogP contribution is 2.16. The molecule has 3 N–H and O–H groups in total. The van der Waals surface area contributed by atoms with Gasteiger partial charge in [0, 0.05) is 6.54 Å². The molecule has 1 unspecified atom stereocenters. The Morgan fingerprint density at radius 1 is 1.30 bits per heavy atom. The molecule has 1 atom stereocenters. The Morgan fingerprint density at radius 3 is 2.45 bits per heavy atom. The van der Waals surface area contributed by atoms with Crippen LogP contribution in [0.5, 0.6) is 0 Å². The second kappa shape index (κ2) is 6.38. The molecular formula is C12H16N2O5S. The minimum atomic E-state index is -3.50. The Labute approximate surface area is 117 Å². The number of carbonyl (C=O) groups is 2. The van der Waals surface area contributed by atoms with Crippen LogP contribution in [0, 0.1) is 5.92 Å². The average Bonchev–Trinajstić information content (AvgIpc) is 2.34. The zero-order chi connectivity index (χ0) is 15.3. The molecule has 110 valence electrons. The van der Waals surface area contributed by atoms with Gasteiger partial charge in [0.25, 0.3) is 5.91 Å². The Bertz CT molecular complexity index is 612. The summed E-state index contributed by atoms with van der Waals surface area (Å²) in [6.45, 7) is 1.42. The van der Waals surface area contributed by atoms with Crippen LogP contribution in [0.1, 0.15) is 17.3 Å². The predicted molar refractivity (Wildman–Crippen MR) is 74.0 cm³/mol. The number of rotatable bonds is 6. The van der Waals surface area contributed by atoms with E-state index in [4.69, 9.17) is 5.11 Å². The van der Waals surface area contributed by atoms with E-state index in [1.807, 2.05) is 0 Å². The van der Waals surface area contributed by atoms with E-state index in [-0.39, 0.29) is 17.8 Å². The first-order valence-corrected chi connectivity index (χ1v) is 7.67. The van der Waals surface area contributed by atoms with Crippen molar-refractivity contribution in [2.75, 3.05) is 17.5 Å². The first-order chi connectivity index (χ1) is 9.20. The lowest BCUT2D eigenvalue weighted by molar-refractivity contribution is -0.140. The summed E-state index contributed by atoms with van der Waals surface area (Å²) < 4.78 is 24.7. The highest BCUT2D eigenvalue weighted by atomic mass is 32.2. The lowest BCUT2D eigenvalue weighted by Gasteiger charge is -2.12. The number of carboxylic acids is 1. The second-order valence-electron chi connectivity index (χ2n) is 4.37. The van der Waals surface area contributed by atoms with Crippen molar-refractivity contribution < 1.29 is 23.1 Å². The number of benzene rings is 1. The predicted octanol–water partition coefficient (Wildman–Crippen LogP) is 0.509. The summed E-state index contributed by atoms with van der Waals surface area (Å²) in [7, 11) is -3.50. The molecule has 7 nitrogen and oxygen atoms in total. The zero-order valence-corrected chi connectivity index (χ0v) is 11.9. The zero-order valence-electron chi connectivity index (χ0n) is 11.1. The number of carboxylic acid groups (broad SMARTS) is 1. The van der Waals surface area contributed by atoms with Crippen LogP contribution in [0.15, 0.2) is 24.3 Å². The highest BCUT2D eigenvalue weighted by Gasteiger charge is 2.16. The van der Waals surface area contributed by atoms with Crippen LogP contribution in [-0.4, -0.2) is 38.2 Å². The number of para-hydroxylation sites is 1. The maximum atomic E-state index is 11.9. The van der Waals surface area contributed by atoms with Crippen molar-refractivity contribution in [3.05, 3.63) is 29.8 Å². The van der Waals surface area contributed by atoms with Crippen LogP contribution >= 0.6 is 0 Å². The van der Waals surface area contributed by atoms with Gasteiger partial charge in [0.15, 0.2) is 0 Å². The Kier molecular flexibility index (Phi) is 5.09. The van der Waals surface area contributed by atoms with Gasteiger partial charge < -0.3 is 10.4 Å². The van der Waals surface area contributed by atoms with Crippen LogP contribution < -0.4 is 10.0 Å². The van der Waals surface area contributed by atoms with E-state index in [1.165, 1.54) is 19.1 Å². The minimum Gasteiger partial charge on any atom is -0.481 e. The van der Waals surface area contributed by atoms with Gasteiger partial charge >= 0.3 is 5.97 Å². The maximum Gasteiger partial charge on any atom is 0.308 e. The Morgan fingerprint density at radius 2 is 1.90 bits per heavy atom. The van der Waals surface area contributed by atoms with Crippen molar-refractivity contribution in [1.29, 1.82) is 0 Å². The molecule has 0 heterocycles. The van der Waals surface area contributed by atoms with Crippen LogP contribution in [0.25, 0.3) is 0 Å². The van der Waals surface area contributed by atoms with E-state index in [2.05, 4.69) is 10.0 Å². The van der Waals surface area contributed by atoms with Gasteiger partial charge in [-0.25, -0.2) is 8.42 Å². The Hall–Kier alpha value is -2.09. The van der Waals surface area contributed by atoms with E-state index in [0.29, 0.717) is 0 Å². The van der Waals surface area contributed by atoms with E-state index in [1.54, 1.807) is 12.1 Å². The molecule has 1 aromatic carbocycles. The maximum absolute atomic E-state index is 11.9. The smallest absolute Gasteiger partial charge is 0.308 e. The first kappa shape index (κ1) is 16.0. The number of nitrogens with one attached hydrogen (secondary N) is 2. The standard InChI is InChI=1S/C12H16N2O5S/c1-8(12(16)17)7-13-11(15)9-5-3-4-6-10(9)14-20(2,18)19/h3-6,8,14H,7H2,1-2H3,(H,13,15)(H,16,17). The molecule has 0 radical (unpaired) electrons. The third-order valence-electron chi connectivity index (χ3n) is 2.46. The lowest BCUT2D eigenvalue weighted by atomic mass is 10.1. The van der Waals surface area contributed by atoms with Gasteiger partial charge in [0.2, 0.25) is 10.0 Å². The van der Waals surface area contributed by atoms with Gasteiger partial charge in [-0.15, -0.1) is 0 Å². The third-order valence-corrected chi connectivity index (χ3v) is 3.05. The fourth-order valence-corrected chi connectivity index (χ4v) is 1.98. The molecule has 0 aliphatic rings. The summed E-state index contributed by atoms with van der Waals surface area (Å²) >= 11 is 0. The number of amides is 1. The van der Waals surface area contributed by atoms with Crippen LogP contribution in [0.3, 0.4) is 0 Å². The summed E-state index contributed by atoms with van der Waals surface area (Å²) in [4.78, 5) is 22.6. The van der Waals surface area contributed by atoms with Crippen molar-refractivity contribution in [3.8, 4) is 0 Å². The molecule has 1 aromatic rings. The van der Waals surface area contributed by atoms with Gasteiger partial charge in [-0.1, -0.05) is 19.1 Å². The van der Waals surface area contributed by atoms with Crippen LogP contribution in [0.4, 0.5) is 5.69 Å². The van der Waals surface area contributed by atoms with E-state index in [0.717, 1.165) is 6.26 Å². The van der Waals surface area contributed by atoms with Crippen molar-refractivity contribution in [2.45, 2.75) is 6.92 Å². The summed E-state index contributed by atoms with van der Waals surface area (Å²) in [6, 6.07) is 6.08. The molecule has 0 aromatic heterocycles. The highest BCUT2D eigenvalue weighted by molar-refractivity contribution is 7.92. The first-order valence-electron chi connectivity index (χ1n) is 5.78. The average molecular weight is 300 g/mol. The molecule has 0 spiro atoms. The van der Waals surface area contributed by atoms with Crippen molar-refractivity contribution >= 4 is 27.6 Å². The third kappa shape index (κ3) is 4.88. The minimum absolute atomic E-state index is 0.0403. The molecular weight excluding hydrogens is 284 g/mol. The SMILES string of the molecule is CC(CNC(=O)c1ccccc1NS(C)(=O)=O)C(=O)O. The van der Waals surface area contributed by atoms with E-state index in [9.17, 15) is 18.0 Å². The molecule has 0 fully saturated rings. The molecule has 0 aliphatic carbocycles. The normalized spacial score (nSPS) is 12.5. The van der Waals surface area contributed by atoms with Crippen LogP contribution in [0.2, 0.25) is 0 Å². The van der Waals surface area contributed by atoms with E-state index < -0.39 is 27.8 Å². The number of hydrogen-bond acceptors (Lipinski definition) is 4. The number of anilines is 1. The topological polar surface area (TPSA) is 113 Å². The van der Waals surface area contributed by atoms with Gasteiger partial charge in [-0.3, -0.25) is 14.3 Å². The number of aliphatic carboxylic acids is 1. The summed E-state index contributed by atoms with van der Waals surface area (Å²) in [6.07, 6.45) is 0.980. The quantitative estimate of drug-likeness (QED) is 0.708. The number of carbonyl (C=O) groups excluding carboxylic acids is 1. The summed E-state index contributed by atoms with van der Waals surface area (Å²) in [5.41, 5.74) is 0.283. The van der Waals surface area contributed by atoms with Crippen molar-refractivity contribution in [1.82, 2.24) is 5.32 Å². The monoisotopic (exact) mass is 300 g/mol. The summed E-state index contributed by atoms with van der Waals surface area (Å²) in [5.74, 6) is -2.29. The second-order valence-corrected chi connectivity index (χ2v) is 6.12. The fraction of sp³-hybridized carbons (Fsp3) is 0.333. The lowest BCUT2D eigenvalue weighted by Crippen LogP contribution is -2.32. The molecule has 1 amide bonds. The number of hydrogen-bond donors (Lipinski definition) is 3. The molecule has 8 heteroatoms. The Balaban J connectivity index is 2.85. The van der Waals surface area contributed by atoms with Crippen molar-refractivity contribution in [2.24, 2.45) is 5.92 Å². The largest absolute Gasteiger partial charge is 0.481 e. The number of sulfonamides is 1.